The molecule has 0 aromatic heterocycles. The number of methoxy groups -OCH3 is 2. The summed E-state index contributed by atoms with van der Waals surface area (Å²) in [6.07, 6.45) is 4.07. The van der Waals surface area contributed by atoms with E-state index < -0.39 is 34.3 Å². The molecule has 1 aliphatic rings. The van der Waals surface area contributed by atoms with E-state index in [1.165, 1.54) is 49.5 Å². The highest BCUT2D eigenvalue weighted by Gasteiger charge is 2.35. The summed E-state index contributed by atoms with van der Waals surface area (Å²) in [5.74, 6) is -0.767. The molecular weight excluding hydrogens is 585 g/mol. The summed E-state index contributed by atoms with van der Waals surface area (Å²) >= 11 is 0. The first-order valence-corrected chi connectivity index (χ1v) is 16.2. The highest BCUT2D eigenvalue weighted by atomic mass is 32.2. The van der Waals surface area contributed by atoms with Crippen molar-refractivity contribution in [3.8, 4) is 11.5 Å². The number of amides is 2. The number of nitrogens with zero attached hydrogens (tertiary/aromatic N) is 2. The van der Waals surface area contributed by atoms with E-state index in [0.717, 1.165) is 35.6 Å². The van der Waals surface area contributed by atoms with E-state index in [9.17, 15) is 22.4 Å². The first-order chi connectivity index (χ1) is 21.1. The van der Waals surface area contributed by atoms with E-state index in [1.54, 1.807) is 43.3 Å². The van der Waals surface area contributed by atoms with Crippen molar-refractivity contribution < 1.29 is 31.9 Å². The Morgan fingerprint density at radius 1 is 0.977 bits per heavy atom. The van der Waals surface area contributed by atoms with Gasteiger partial charge in [-0.05, 0) is 68.1 Å². The third kappa shape index (κ3) is 7.68. The van der Waals surface area contributed by atoms with Crippen LogP contribution < -0.4 is 19.1 Å². The number of halogens is 1. The lowest BCUT2D eigenvalue weighted by atomic mass is 10.1. The molecule has 1 N–H and O–H groups in total. The molecule has 1 unspecified atom stereocenters. The average Bonchev–Trinajstić information content (AvgIpc) is 3.53. The number of ether oxygens (including phenoxy) is 2. The number of carbonyl (C=O) groups is 2. The van der Waals surface area contributed by atoms with Crippen LogP contribution in [-0.2, 0) is 26.2 Å². The minimum atomic E-state index is -4.31. The monoisotopic (exact) mass is 625 g/mol. The Morgan fingerprint density at radius 2 is 1.64 bits per heavy atom. The second-order valence-corrected chi connectivity index (χ2v) is 12.8. The molecule has 0 spiro atoms. The van der Waals surface area contributed by atoms with Crippen molar-refractivity contribution in [3.63, 3.8) is 0 Å². The van der Waals surface area contributed by atoms with Gasteiger partial charge >= 0.3 is 0 Å². The molecule has 4 rings (SSSR count). The van der Waals surface area contributed by atoms with E-state index in [1.807, 2.05) is 6.92 Å². The van der Waals surface area contributed by atoms with Gasteiger partial charge in [-0.1, -0.05) is 49.6 Å². The van der Waals surface area contributed by atoms with Gasteiger partial charge in [0, 0.05) is 18.7 Å². The van der Waals surface area contributed by atoms with Crippen LogP contribution in [0.15, 0.2) is 71.6 Å². The Labute approximate surface area is 259 Å². The predicted molar refractivity (Wildman–Crippen MR) is 167 cm³/mol. The van der Waals surface area contributed by atoms with E-state index in [0.29, 0.717) is 17.7 Å². The first kappa shape index (κ1) is 32.8. The molecule has 3 aromatic carbocycles. The van der Waals surface area contributed by atoms with Crippen LogP contribution in [0.2, 0.25) is 0 Å². The van der Waals surface area contributed by atoms with Gasteiger partial charge in [0.1, 0.15) is 29.9 Å². The molecule has 0 radical (unpaired) electrons. The zero-order chi connectivity index (χ0) is 31.9. The smallest absolute Gasteiger partial charge is 0.264 e. The minimum absolute atomic E-state index is 0.0168. The molecule has 1 fully saturated rings. The fourth-order valence-electron chi connectivity index (χ4n) is 5.42. The average molecular weight is 626 g/mol. The largest absolute Gasteiger partial charge is 0.497 e. The van der Waals surface area contributed by atoms with E-state index >= 15 is 0 Å². The number of nitrogens with one attached hydrogen (secondary N) is 1. The highest BCUT2D eigenvalue weighted by Crippen LogP contribution is 2.36. The molecule has 11 heteroatoms. The lowest BCUT2D eigenvalue weighted by Crippen LogP contribution is -2.53. The normalized spacial score (nSPS) is 14.1. The molecule has 1 atom stereocenters. The first-order valence-electron chi connectivity index (χ1n) is 14.7. The molecule has 0 bridgehead atoms. The van der Waals surface area contributed by atoms with Gasteiger partial charge in [0.25, 0.3) is 10.0 Å². The quantitative estimate of drug-likeness (QED) is 0.280. The van der Waals surface area contributed by atoms with Gasteiger partial charge < -0.3 is 19.7 Å². The zero-order valence-electron chi connectivity index (χ0n) is 25.6. The van der Waals surface area contributed by atoms with Gasteiger partial charge in [-0.2, -0.15) is 0 Å². The van der Waals surface area contributed by atoms with Crippen LogP contribution in [0.3, 0.4) is 0 Å². The van der Waals surface area contributed by atoms with Crippen molar-refractivity contribution in [1.29, 1.82) is 0 Å². The molecule has 1 saturated carbocycles. The molecule has 0 aliphatic heterocycles. The van der Waals surface area contributed by atoms with Gasteiger partial charge in [-0.15, -0.1) is 0 Å². The summed E-state index contributed by atoms with van der Waals surface area (Å²) < 4.78 is 54.0. The van der Waals surface area contributed by atoms with Crippen molar-refractivity contribution in [1.82, 2.24) is 10.2 Å². The fourth-order valence-corrected chi connectivity index (χ4v) is 6.83. The van der Waals surface area contributed by atoms with Crippen LogP contribution in [0.25, 0.3) is 0 Å². The van der Waals surface area contributed by atoms with Crippen molar-refractivity contribution in [2.45, 2.75) is 69.5 Å². The molecule has 9 nitrogen and oxygen atoms in total. The summed E-state index contributed by atoms with van der Waals surface area (Å²) in [7, 11) is -1.45. The standard InChI is InChI=1S/C33H40FN3O6S/c1-5-29(33(39)35-26-8-6-7-9-26)36(21-24-12-14-25(34)15-13-24)32(38)22-37(30-20-27(42-3)16-19-31(30)43-4)44(40,41)28-17-10-23(2)11-18-28/h10-20,26,29H,5-9,21-22H2,1-4H3,(H,35,39). The SMILES string of the molecule is CCC(C(=O)NC1CCCC1)N(Cc1ccc(F)cc1)C(=O)CN(c1cc(OC)ccc1OC)S(=O)(=O)c1ccc(C)cc1. The summed E-state index contributed by atoms with van der Waals surface area (Å²) in [6.45, 7) is 2.99. The molecule has 236 valence electrons. The maximum Gasteiger partial charge on any atom is 0.264 e. The molecule has 0 saturated heterocycles. The number of anilines is 1. The van der Waals surface area contributed by atoms with Gasteiger partial charge in [-0.3, -0.25) is 13.9 Å². The fraction of sp³-hybridized carbons (Fsp3) is 0.394. The van der Waals surface area contributed by atoms with E-state index in [-0.39, 0.29) is 34.8 Å². The third-order valence-corrected chi connectivity index (χ3v) is 9.67. The Bertz CT molecular complexity index is 1540. The Kier molecular flexibility index (Phi) is 10.9. The summed E-state index contributed by atoms with van der Waals surface area (Å²) in [5, 5.41) is 3.08. The second kappa shape index (κ2) is 14.6. The molecular formula is C33H40FN3O6S. The maximum absolute atomic E-state index is 14.3. The topological polar surface area (TPSA) is 105 Å². The van der Waals surface area contributed by atoms with Crippen molar-refractivity contribution in [2.75, 3.05) is 25.1 Å². The minimum Gasteiger partial charge on any atom is -0.497 e. The molecule has 0 heterocycles. The van der Waals surface area contributed by atoms with Crippen LogP contribution in [0.1, 0.15) is 50.2 Å². The number of carbonyl (C=O) groups excluding carboxylic acids is 2. The van der Waals surface area contributed by atoms with Crippen LogP contribution in [0.4, 0.5) is 10.1 Å². The zero-order valence-corrected chi connectivity index (χ0v) is 26.4. The number of hydrogen-bond donors (Lipinski definition) is 1. The Hall–Kier alpha value is -4.12. The molecule has 44 heavy (non-hydrogen) atoms. The molecule has 3 aromatic rings. The van der Waals surface area contributed by atoms with Gasteiger partial charge in [-0.25, -0.2) is 12.8 Å². The summed E-state index contributed by atoms with van der Waals surface area (Å²) in [4.78, 5) is 29.3. The highest BCUT2D eigenvalue weighted by molar-refractivity contribution is 7.92. The number of aryl methyl sites for hydroxylation is 1. The number of sulfonamides is 1. The number of rotatable bonds is 13. The van der Waals surface area contributed by atoms with Crippen molar-refractivity contribution in [3.05, 3.63) is 83.7 Å². The predicted octanol–water partition coefficient (Wildman–Crippen LogP) is 5.21. The van der Waals surface area contributed by atoms with Crippen LogP contribution in [0, 0.1) is 12.7 Å². The Morgan fingerprint density at radius 3 is 2.23 bits per heavy atom. The van der Waals surface area contributed by atoms with Crippen molar-refractivity contribution in [2.24, 2.45) is 0 Å². The molecule has 1 aliphatic carbocycles. The van der Waals surface area contributed by atoms with Gasteiger partial charge in [0.05, 0.1) is 24.8 Å². The lowest BCUT2D eigenvalue weighted by molar-refractivity contribution is -0.140. The maximum atomic E-state index is 14.3. The molecule has 2 amide bonds. The van der Waals surface area contributed by atoms with E-state index in [2.05, 4.69) is 5.32 Å². The number of hydrogen-bond acceptors (Lipinski definition) is 6. The van der Waals surface area contributed by atoms with Crippen molar-refractivity contribution >= 4 is 27.5 Å². The Balaban J connectivity index is 1.78. The van der Waals surface area contributed by atoms with Crippen LogP contribution in [-0.4, -0.2) is 58.0 Å². The van der Waals surface area contributed by atoms with Gasteiger partial charge in [0.2, 0.25) is 11.8 Å². The third-order valence-electron chi connectivity index (χ3n) is 7.90. The van der Waals surface area contributed by atoms with E-state index in [4.69, 9.17) is 9.47 Å². The van der Waals surface area contributed by atoms with Crippen LogP contribution >= 0.6 is 0 Å². The van der Waals surface area contributed by atoms with Crippen LogP contribution in [0.5, 0.6) is 11.5 Å². The number of benzene rings is 3. The summed E-state index contributed by atoms with van der Waals surface area (Å²) in [5.41, 5.74) is 1.57. The summed E-state index contributed by atoms with van der Waals surface area (Å²) in [6, 6.07) is 15.8. The lowest BCUT2D eigenvalue weighted by Gasteiger charge is -2.34. The van der Waals surface area contributed by atoms with Gasteiger partial charge in [0.15, 0.2) is 0 Å². The second-order valence-electron chi connectivity index (χ2n) is 10.9.